The Balaban J connectivity index is 1.65. The molecule has 1 amide bonds. The van der Waals surface area contributed by atoms with Gasteiger partial charge < -0.3 is 14.6 Å². The van der Waals surface area contributed by atoms with E-state index in [1.807, 2.05) is 48.5 Å². The van der Waals surface area contributed by atoms with Gasteiger partial charge in [-0.3, -0.25) is 19.1 Å². The van der Waals surface area contributed by atoms with Crippen LogP contribution in [0.1, 0.15) is 11.3 Å². The number of carbonyl (C=O) groups excluding carboxylic acids is 1. The molecule has 176 valence electrons. The highest BCUT2D eigenvalue weighted by molar-refractivity contribution is 5.76. The number of amides is 1. The molecule has 0 aliphatic heterocycles. The summed E-state index contributed by atoms with van der Waals surface area (Å²) in [5, 5.41) is 2.76. The maximum atomic E-state index is 13.3. The highest BCUT2D eigenvalue weighted by atomic mass is 16.5. The van der Waals surface area contributed by atoms with Crippen LogP contribution in [-0.4, -0.2) is 49.8 Å². The summed E-state index contributed by atoms with van der Waals surface area (Å²) >= 11 is 0. The van der Waals surface area contributed by atoms with Gasteiger partial charge in [-0.25, -0.2) is 14.3 Å². The van der Waals surface area contributed by atoms with Gasteiger partial charge in [0.25, 0.3) is 5.56 Å². The van der Waals surface area contributed by atoms with Gasteiger partial charge >= 0.3 is 5.69 Å². The average molecular weight is 463 g/mol. The number of benzene rings is 1. The minimum Gasteiger partial charge on any atom is -0.383 e. The fourth-order valence-electron chi connectivity index (χ4n) is 3.72. The van der Waals surface area contributed by atoms with Crippen molar-refractivity contribution in [2.45, 2.75) is 26.1 Å². The van der Waals surface area contributed by atoms with E-state index in [4.69, 9.17) is 4.74 Å². The van der Waals surface area contributed by atoms with Crippen LogP contribution in [0.3, 0.4) is 0 Å². The van der Waals surface area contributed by atoms with Crippen molar-refractivity contribution in [3.8, 4) is 0 Å². The molecule has 0 saturated carbocycles. The van der Waals surface area contributed by atoms with Crippen molar-refractivity contribution in [3.63, 3.8) is 0 Å². The second-order valence-corrected chi connectivity index (χ2v) is 7.77. The normalized spacial score (nSPS) is 11.1. The van der Waals surface area contributed by atoms with Crippen LogP contribution >= 0.6 is 0 Å². The Labute approximate surface area is 195 Å². The summed E-state index contributed by atoms with van der Waals surface area (Å²) in [4.78, 5) is 47.8. The molecule has 0 atom stereocenters. The monoisotopic (exact) mass is 462 g/mol. The Morgan fingerprint density at radius 3 is 2.56 bits per heavy atom. The first-order valence-electron chi connectivity index (χ1n) is 11.0. The molecule has 3 heterocycles. The van der Waals surface area contributed by atoms with Crippen molar-refractivity contribution >= 4 is 17.1 Å². The Bertz CT molecular complexity index is 1380. The zero-order chi connectivity index (χ0) is 23.9. The number of imidazole rings is 1. The van der Waals surface area contributed by atoms with Crippen LogP contribution in [0.15, 0.2) is 70.6 Å². The van der Waals surface area contributed by atoms with E-state index in [9.17, 15) is 14.4 Å². The molecule has 0 unspecified atom stereocenters. The Morgan fingerprint density at radius 2 is 1.82 bits per heavy atom. The molecule has 34 heavy (non-hydrogen) atoms. The number of ether oxygens (including phenoxy) is 1. The predicted molar refractivity (Wildman–Crippen MR) is 127 cm³/mol. The SMILES string of the molecule is COCCn1cnc2c1c(=O)n(CC(=O)NCCc1ccccn1)c(=O)n2Cc1ccccc1. The number of hydrogen-bond donors (Lipinski definition) is 1. The summed E-state index contributed by atoms with van der Waals surface area (Å²) in [6.07, 6.45) is 3.75. The largest absolute Gasteiger partial charge is 0.383 e. The number of nitrogens with zero attached hydrogens (tertiary/aromatic N) is 5. The lowest BCUT2D eigenvalue weighted by Gasteiger charge is -2.13. The van der Waals surface area contributed by atoms with Crippen LogP contribution in [0.5, 0.6) is 0 Å². The van der Waals surface area contributed by atoms with Crippen molar-refractivity contribution in [2.24, 2.45) is 0 Å². The highest BCUT2D eigenvalue weighted by Crippen LogP contribution is 2.10. The van der Waals surface area contributed by atoms with Crippen LogP contribution in [-0.2, 0) is 35.6 Å². The fourth-order valence-corrected chi connectivity index (χ4v) is 3.72. The molecular formula is C24H26N6O4. The van der Waals surface area contributed by atoms with Gasteiger partial charge in [0.05, 0.1) is 19.5 Å². The molecule has 0 spiro atoms. The van der Waals surface area contributed by atoms with Gasteiger partial charge in [0.15, 0.2) is 11.2 Å². The van der Waals surface area contributed by atoms with E-state index < -0.39 is 17.2 Å². The molecule has 0 saturated heterocycles. The van der Waals surface area contributed by atoms with Crippen LogP contribution in [0.4, 0.5) is 0 Å². The molecule has 0 bridgehead atoms. The van der Waals surface area contributed by atoms with Crippen LogP contribution in [0.2, 0.25) is 0 Å². The summed E-state index contributed by atoms with van der Waals surface area (Å²) in [7, 11) is 1.57. The van der Waals surface area contributed by atoms with Gasteiger partial charge in [0.1, 0.15) is 6.54 Å². The summed E-state index contributed by atoms with van der Waals surface area (Å²) in [5.41, 5.74) is 1.11. The van der Waals surface area contributed by atoms with E-state index in [0.29, 0.717) is 26.1 Å². The second kappa shape index (κ2) is 10.7. The number of nitrogens with one attached hydrogen (secondary N) is 1. The summed E-state index contributed by atoms with van der Waals surface area (Å²) in [5.74, 6) is -0.427. The van der Waals surface area contributed by atoms with Crippen molar-refractivity contribution in [2.75, 3.05) is 20.3 Å². The minimum atomic E-state index is -0.585. The Morgan fingerprint density at radius 1 is 1.03 bits per heavy atom. The number of fused-ring (bicyclic) bond motifs is 1. The van der Waals surface area contributed by atoms with Gasteiger partial charge in [0, 0.05) is 38.5 Å². The average Bonchev–Trinajstić information content (AvgIpc) is 3.28. The molecule has 0 fully saturated rings. The van der Waals surface area contributed by atoms with Crippen molar-refractivity contribution in [1.29, 1.82) is 0 Å². The number of aromatic nitrogens is 5. The van der Waals surface area contributed by atoms with Gasteiger partial charge in [-0.15, -0.1) is 0 Å². The molecule has 0 aliphatic rings. The van der Waals surface area contributed by atoms with Crippen LogP contribution in [0, 0.1) is 0 Å². The van der Waals surface area contributed by atoms with E-state index in [1.165, 1.54) is 10.9 Å². The molecular weight excluding hydrogens is 436 g/mol. The molecule has 0 aliphatic carbocycles. The van der Waals surface area contributed by atoms with E-state index in [0.717, 1.165) is 15.8 Å². The van der Waals surface area contributed by atoms with E-state index in [1.54, 1.807) is 17.9 Å². The van der Waals surface area contributed by atoms with Gasteiger partial charge in [-0.2, -0.15) is 0 Å². The summed E-state index contributed by atoms with van der Waals surface area (Å²) in [6, 6.07) is 15.0. The van der Waals surface area contributed by atoms with Crippen molar-refractivity contribution in [3.05, 3.63) is 93.2 Å². The number of rotatable bonds is 10. The van der Waals surface area contributed by atoms with Gasteiger partial charge in [-0.1, -0.05) is 36.4 Å². The van der Waals surface area contributed by atoms with Gasteiger partial charge in [0.2, 0.25) is 5.91 Å². The summed E-state index contributed by atoms with van der Waals surface area (Å²) < 4.78 is 9.18. The Kier molecular flexibility index (Phi) is 7.28. The predicted octanol–water partition coefficient (Wildman–Crippen LogP) is 0.808. The fraction of sp³-hybridized carbons (Fsp3) is 0.292. The van der Waals surface area contributed by atoms with Crippen LogP contribution in [0.25, 0.3) is 11.2 Å². The lowest BCUT2D eigenvalue weighted by atomic mass is 10.2. The Hall–Kier alpha value is -4.05. The third-order valence-electron chi connectivity index (χ3n) is 5.43. The molecule has 4 aromatic rings. The maximum Gasteiger partial charge on any atom is 0.333 e. The standard InChI is InChI=1S/C24H26N6O4/c1-34-14-13-28-17-27-22-21(28)23(32)30(24(33)29(22)15-18-7-3-2-4-8-18)16-20(31)26-12-10-19-9-5-6-11-25-19/h2-9,11,17H,10,12-16H2,1H3,(H,26,31). The smallest absolute Gasteiger partial charge is 0.333 e. The van der Waals surface area contributed by atoms with Crippen LogP contribution < -0.4 is 16.6 Å². The first kappa shape index (κ1) is 23.1. The topological polar surface area (TPSA) is 113 Å². The molecule has 1 N–H and O–H groups in total. The number of pyridine rings is 1. The zero-order valence-electron chi connectivity index (χ0n) is 18.9. The first-order valence-corrected chi connectivity index (χ1v) is 11.0. The first-order chi connectivity index (χ1) is 16.6. The molecule has 0 radical (unpaired) electrons. The van der Waals surface area contributed by atoms with Crippen molar-refractivity contribution in [1.82, 2.24) is 29.0 Å². The molecule has 4 rings (SSSR count). The number of methoxy groups -OCH3 is 1. The summed E-state index contributed by atoms with van der Waals surface area (Å²) in [6.45, 7) is 0.939. The molecule has 1 aromatic carbocycles. The van der Waals surface area contributed by atoms with E-state index in [2.05, 4.69) is 15.3 Å². The van der Waals surface area contributed by atoms with E-state index >= 15 is 0 Å². The lowest BCUT2D eigenvalue weighted by molar-refractivity contribution is -0.121. The number of hydrogen-bond acceptors (Lipinski definition) is 6. The number of carbonyl (C=O) groups is 1. The van der Waals surface area contributed by atoms with E-state index in [-0.39, 0.29) is 24.3 Å². The van der Waals surface area contributed by atoms with Crippen molar-refractivity contribution < 1.29 is 9.53 Å². The maximum absolute atomic E-state index is 13.3. The molecule has 3 aromatic heterocycles. The third kappa shape index (κ3) is 5.12. The second-order valence-electron chi connectivity index (χ2n) is 7.77. The minimum absolute atomic E-state index is 0.221. The molecule has 10 heteroatoms. The highest BCUT2D eigenvalue weighted by Gasteiger charge is 2.20. The quantitative estimate of drug-likeness (QED) is 0.373. The third-order valence-corrected chi connectivity index (χ3v) is 5.43. The van der Waals surface area contributed by atoms with Gasteiger partial charge in [-0.05, 0) is 17.7 Å². The molecule has 10 nitrogen and oxygen atoms in total. The lowest BCUT2D eigenvalue weighted by Crippen LogP contribution is -2.44. The zero-order valence-corrected chi connectivity index (χ0v) is 18.9.